The fourth-order valence-electron chi connectivity index (χ4n) is 3.17. The summed E-state index contributed by atoms with van der Waals surface area (Å²) in [5.74, 6) is -0.478. The van der Waals surface area contributed by atoms with E-state index in [2.05, 4.69) is 25.0 Å². The highest BCUT2D eigenvalue weighted by molar-refractivity contribution is 7.15. The summed E-state index contributed by atoms with van der Waals surface area (Å²) in [6.07, 6.45) is 2.15. The maximum absolute atomic E-state index is 12.6. The second-order valence-corrected chi connectivity index (χ2v) is 7.46. The van der Waals surface area contributed by atoms with Gasteiger partial charge in [0.25, 0.3) is 0 Å². The molecule has 5 rings (SSSR count). The SMILES string of the molecule is O=C(Cc1csc2nc(-c3ccccc3)cn12)Nc1cccc(-c2noc(=O)[nH]2)c1. The molecule has 0 saturated carbocycles. The van der Waals surface area contributed by atoms with Crippen LogP contribution >= 0.6 is 11.3 Å². The molecule has 0 spiro atoms. The summed E-state index contributed by atoms with van der Waals surface area (Å²) in [5.41, 5.74) is 4.01. The van der Waals surface area contributed by atoms with Crippen molar-refractivity contribution in [2.75, 3.05) is 5.32 Å². The van der Waals surface area contributed by atoms with E-state index in [1.807, 2.05) is 46.3 Å². The molecule has 0 unspecified atom stereocenters. The number of rotatable bonds is 5. The van der Waals surface area contributed by atoms with Crippen LogP contribution in [0.1, 0.15) is 5.69 Å². The zero-order chi connectivity index (χ0) is 20.5. The number of nitrogens with one attached hydrogen (secondary N) is 2. The monoisotopic (exact) mass is 417 g/mol. The van der Waals surface area contributed by atoms with Crippen LogP contribution in [-0.4, -0.2) is 25.4 Å². The number of amides is 1. The summed E-state index contributed by atoms with van der Waals surface area (Å²) in [6.45, 7) is 0. The van der Waals surface area contributed by atoms with Crippen LogP contribution in [-0.2, 0) is 11.2 Å². The molecule has 5 aromatic rings. The van der Waals surface area contributed by atoms with Crippen molar-refractivity contribution in [2.45, 2.75) is 6.42 Å². The number of benzene rings is 2. The molecule has 9 heteroatoms. The Labute approximate surface area is 173 Å². The van der Waals surface area contributed by atoms with Crippen LogP contribution in [0.3, 0.4) is 0 Å². The van der Waals surface area contributed by atoms with Crippen molar-refractivity contribution in [3.05, 3.63) is 82.4 Å². The number of hydrogen-bond donors (Lipinski definition) is 2. The predicted molar refractivity (Wildman–Crippen MR) is 113 cm³/mol. The third kappa shape index (κ3) is 3.53. The summed E-state index contributed by atoms with van der Waals surface area (Å²) in [5, 5.41) is 8.48. The molecule has 0 radical (unpaired) electrons. The molecule has 1 amide bonds. The summed E-state index contributed by atoms with van der Waals surface area (Å²) in [7, 11) is 0. The molecular weight excluding hydrogens is 402 g/mol. The first-order chi connectivity index (χ1) is 14.7. The number of nitrogens with zero attached hydrogens (tertiary/aromatic N) is 3. The van der Waals surface area contributed by atoms with Gasteiger partial charge in [-0.3, -0.25) is 18.7 Å². The smallest absolute Gasteiger partial charge is 0.326 e. The lowest BCUT2D eigenvalue weighted by atomic mass is 10.2. The van der Waals surface area contributed by atoms with E-state index in [1.165, 1.54) is 11.3 Å². The Kier molecular flexibility index (Phi) is 4.49. The molecule has 0 saturated heterocycles. The van der Waals surface area contributed by atoms with Gasteiger partial charge in [0, 0.05) is 34.1 Å². The average Bonchev–Trinajstić information content (AvgIpc) is 3.46. The van der Waals surface area contributed by atoms with Crippen LogP contribution in [0.15, 0.2) is 75.5 Å². The lowest BCUT2D eigenvalue weighted by molar-refractivity contribution is -0.115. The highest BCUT2D eigenvalue weighted by Gasteiger charge is 2.13. The molecule has 2 aromatic carbocycles. The number of thiazole rings is 1. The van der Waals surface area contributed by atoms with Crippen LogP contribution < -0.4 is 11.1 Å². The maximum atomic E-state index is 12.6. The molecular formula is C21H15N5O3S. The van der Waals surface area contributed by atoms with Gasteiger partial charge in [-0.25, -0.2) is 9.78 Å². The van der Waals surface area contributed by atoms with E-state index >= 15 is 0 Å². The van der Waals surface area contributed by atoms with Crippen molar-refractivity contribution >= 4 is 27.9 Å². The Hall–Kier alpha value is -3.98. The van der Waals surface area contributed by atoms with Gasteiger partial charge in [-0.15, -0.1) is 11.3 Å². The second kappa shape index (κ2) is 7.45. The van der Waals surface area contributed by atoms with Gasteiger partial charge in [0.15, 0.2) is 10.8 Å². The summed E-state index contributed by atoms with van der Waals surface area (Å²) in [6, 6.07) is 17.0. The van der Waals surface area contributed by atoms with E-state index in [1.54, 1.807) is 24.3 Å². The zero-order valence-corrected chi connectivity index (χ0v) is 16.3. The Balaban J connectivity index is 1.34. The maximum Gasteiger partial charge on any atom is 0.439 e. The van der Waals surface area contributed by atoms with E-state index in [4.69, 9.17) is 0 Å². The third-order valence-electron chi connectivity index (χ3n) is 4.55. The first kappa shape index (κ1) is 18.1. The molecule has 30 heavy (non-hydrogen) atoms. The number of fused-ring (bicyclic) bond motifs is 1. The van der Waals surface area contributed by atoms with E-state index in [-0.39, 0.29) is 12.3 Å². The molecule has 0 aliphatic heterocycles. The summed E-state index contributed by atoms with van der Waals surface area (Å²) >= 11 is 1.50. The Morgan fingerprint density at radius 3 is 2.77 bits per heavy atom. The minimum atomic E-state index is -0.629. The van der Waals surface area contributed by atoms with Gasteiger partial charge in [0.05, 0.1) is 12.1 Å². The lowest BCUT2D eigenvalue weighted by Gasteiger charge is -2.06. The number of hydrogen-bond acceptors (Lipinski definition) is 6. The number of anilines is 1. The van der Waals surface area contributed by atoms with Gasteiger partial charge in [-0.2, -0.15) is 0 Å². The van der Waals surface area contributed by atoms with Crippen LogP contribution in [0.4, 0.5) is 5.69 Å². The number of aromatic amines is 1. The third-order valence-corrected chi connectivity index (χ3v) is 5.44. The first-order valence-corrected chi connectivity index (χ1v) is 10.0. The molecule has 0 fully saturated rings. The van der Waals surface area contributed by atoms with Crippen LogP contribution in [0, 0.1) is 0 Å². The molecule has 0 aliphatic rings. The average molecular weight is 417 g/mol. The van der Waals surface area contributed by atoms with Gasteiger partial charge in [0.1, 0.15) is 0 Å². The fourth-order valence-corrected chi connectivity index (χ4v) is 4.05. The first-order valence-electron chi connectivity index (χ1n) is 9.13. The molecule has 3 heterocycles. The number of imidazole rings is 1. The highest BCUT2D eigenvalue weighted by atomic mass is 32.1. The fraction of sp³-hybridized carbons (Fsp3) is 0.0476. The highest BCUT2D eigenvalue weighted by Crippen LogP contribution is 2.24. The lowest BCUT2D eigenvalue weighted by Crippen LogP contribution is -2.15. The molecule has 8 nitrogen and oxygen atoms in total. The normalized spacial score (nSPS) is 11.1. The minimum Gasteiger partial charge on any atom is -0.326 e. The van der Waals surface area contributed by atoms with E-state index < -0.39 is 5.76 Å². The zero-order valence-electron chi connectivity index (χ0n) is 15.5. The molecule has 2 N–H and O–H groups in total. The summed E-state index contributed by atoms with van der Waals surface area (Å²) < 4.78 is 6.48. The Morgan fingerprint density at radius 1 is 1.13 bits per heavy atom. The number of aromatic nitrogens is 4. The predicted octanol–water partition coefficient (Wildman–Crippen LogP) is 3.59. The minimum absolute atomic E-state index is 0.157. The standard InChI is InChI=1S/C21H15N5O3S/c27-18(22-15-8-4-7-14(9-15)19-24-21(28)29-25-19)10-16-12-30-20-23-17(11-26(16)20)13-5-2-1-3-6-13/h1-9,11-12H,10H2,(H,22,27)(H,24,25,28). The van der Waals surface area contributed by atoms with Crippen molar-refractivity contribution in [3.63, 3.8) is 0 Å². The van der Waals surface area contributed by atoms with Crippen LogP contribution in [0.5, 0.6) is 0 Å². The van der Waals surface area contributed by atoms with Crippen LogP contribution in [0.2, 0.25) is 0 Å². The number of H-pyrrole nitrogens is 1. The molecule has 0 bridgehead atoms. The van der Waals surface area contributed by atoms with Crippen molar-refractivity contribution in [1.29, 1.82) is 0 Å². The largest absolute Gasteiger partial charge is 0.439 e. The van der Waals surface area contributed by atoms with Gasteiger partial charge in [0.2, 0.25) is 5.91 Å². The molecule has 148 valence electrons. The number of carbonyl (C=O) groups excluding carboxylic acids is 1. The van der Waals surface area contributed by atoms with Crippen molar-refractivity contribution in [3.8, 4) is 22.6 Å². The Bertz CT molecular complexity index is 1400. The quantitative estimate of drug-likeness (QED) is 0.455. The van der Waals surface area contributed by atoms with Gasteiger partial charge < -0.3 is 5.32 Å². The summed E-state index contributed by atoms with van der Waals surface area (Å²) in [4.78, 5) is 31.7. The van der Waals surface area contributed by atoms with Crippen molar-refractivity contribution in [2.24, 2.45) is 0 Å². The van der Waals surface area contributed by atoms with E-state index in [0.29, 0.717) is 17.1 Å². The second-order valence-electron chi connectivity index (χ2n) is 6.62. The van der Waals surface area contributed by atoms with Crippen molar-refractivity contribution < 1.29 is 9.32 Å². The van der Waals surface area contributed by atoms with Gasteiger partial charge in [-0.1, -0.05) is 47.6 Å². The van der Waals surface area contributed by atoms with Crippen LogP contribution in [0.25, 0.3) is 27.6 Å². The topological polar surface area (TPSA) is 105 Å². The van der Waals surface area contributed by atoms with E-state index in [9.17, 15) is 9.59 Å². The molecule has 3 aromatic heterocycles. The molecule has 0 atom stereocenters. The van der Waals surface area contributed by atoms with Crippen molar-refractivity contribution in [1.82, 2.24) is 19.5 Å². The van der Waals surface area contributed by atoms with Gasteiger partial charge in [-0.05, 0) is 12.1 Å². The Morgan fingerprint density at radius 2 is 1.97 bits per heavy atom. The molecule has 0 aliphatic carbocycles. The van der Waals surface area contributed by atoms with E-state index in [0.717, 1.165) is 21.9 Å². The number of carbonyl (C=O) groups is 1. The van der Waals surface area contributed by atoms with Gasteiger partial charge >= 0.3 is 5.76 Å².